The van der Waals surface area contributed by atoms with Crippen molar-refractivity contribution in [3.63, 3.8) is 0 Å². The minimum Gasteiger partial charge on any atom is -0.361 e. The van der Waals surface area contributed by atoms with Gasteiger partial charge in [0.05, 0.1) is 0 Å². The molecule has 0 radical (unpaired) electrons. The van der Waals surface area contributed by atoms with E-state index in [0.717, 1.165) is 17.4 Å². The molecule has 4 rings (SSSR count). The molecule has 0 aliphatic rings. The number of nitrogens with one attached hydrogen (secondary N) is 1. The van der Waals surface area contributed by atoms with Gasteiger partial charge >= 0.3 is 0 Å². The average Bonchev–Trinajstić information content (AvgIpc) is 3.02. The van der Waals surface area contributed by atoms with Crippen LogP contribution in [0.25, 0.3) is 21.7 Å². The maximum Gasteiger partial charge on any atom is 0.125 e. The molecule has 2 nitrogen and oxygen atoms in total. The van der Waals surface area contributed by atoms with Gasteiger partial charge in [0.2, 0.25) is 0 Å². The summed E-state index contributed by atoms with van der Waals surface area (Å²) in [5.74, 6) is -0.210. The lowest BCUT2D eigenvalue weighted by Gasteiger charge is -2.26. The van der Waals surface area contributed by atoms with Crippen LogP contribution in [-0.4, -0.2) is 16.9 Å². The molecule has 1 heterocycles. The maximum atomic E-state index is 13.4. The Morgan fingerprint density at radius 2 is 1.80 bits per heavy atom. The van der Waals surface area contributed by atoms with Gasteiger partial charge in [0.15, 0.2) is 0 Å². The van der Waals surface area contributed by atoms with E-state index in [2.05, 4.69) is 66.3 Å². The van der Waals surface area contributed by atoms with Crippen LogP contribution in [0.5, 0.6) is 0 Å². The van der Waals surface area contributed by atoms with Crippen molar-refractivity contribution in [3.8, 4) is 0 Å². The number of aromatic amines is 1. The molecule has 1 aromatic heterocycles. The Bertz CT molecular complexity index is 1030. The van der Waals surface area contributed by atoms with E-state index in [0.29, 0.717) is 0 Å². The van der Waals surface area contributed by atoms with Gasteiger partial charge < -0.3 is 4.98 Å². The summed E-state index contributed by atoms with van der Waals surface area (Å²) in [6.07, 6.45) is 1.98. The van der Waals surface area contributed by atoms with E-state index in [1.165, 1.54) is 28.0 Å². The summed E-state index contributed by atoms with van der Waals surface area (Å²) in [4.78, 5) is 5.50. The monoisotopic (exact) mass is 332 g/mol. The highest BCUT2D eigenvalue weighted by Crippen LogP contribution is 2.29. The number of rotatable bonds is 4. The predicted molar refractivity (Wildman–Crippen MR) is 102 cm³/mol. The summed E-state index contributed by atoms with van der Waals surface area (Å²) in [6, 6.07) is 20.2. The molecule has 0 amide bonds. The summed E-state index contributed by atoms with van der Waals surface area (Å²) in [6.45, 7) is 3.03. The van der Waals surface area contributed by atoms with Crippen molar-refractivity contribution in [1.82, 2.24) is 9.88 Å². The molecule has 3 heteroatoms. The fourth-order valence-corrected chi connectivity index (χ4v) is 3.55. The number of H-pyrrole nitrogens is 1. The van der Waals surface area contributed by atoms with Gasteiger partial charge in [-0.1, -0.05) is 42.5 Å². The highest BCUT2D eigenvalue weighted by Gasteiger charge is 2.16. The molecule has 0 bridgehead atoms. The van der Waals surface area contributed by atoms with Gasteiger partial charge in [-0.2, -0.15) is 0 Å². The second-order valence-electron chi connectivity index (χ2n) is 6.66. The van der Waals surface area contributed by atoms with Crippen LogP contribution in [0.1, 0.15) is 24.1 Å². The molecule has 126 valence electrons. The van der Waals surface area contributed by atoms with Gasteiger partial charge in [-0.25, -0.2) is 4.39 Å². The number of halogens is 1. The van der Waals surface area contributed by atoms with E-state index >= 15 is 0 Å². The number of hydrogen-bond donors (Lipinski definition) is 1. The lowest BCUT2D eigenvalue weighted by molar-refractivity contribution is 0.255. The van der Waals surface area contributed by atoms with Gasteiger partial charge in [-0.15, -0.1) is 0 Å². The summed E-state index contributed by atoms with van der Waals surface area (Å²) in [5.41, 5.74) is 3.36. The molecule has 0 saturated carbocycles. The number of nitrogens with zero attached hydrogens (tertiary/aromatic N) is 1. The van der Waals surface area contributed by atoms with Crippen LogP contribution >= 0.6 is 0 Å². The van der Waals surface area contributed by atoms with Gasteiger partial charge in [0.1, 0.15) is 5.82 Å². The highest BCUT2D eigenvalue weighted by molar-refractivity contribution is 5.86. The second kappa shape index (κ2) is 6.34. The molecular weight excluding hydrogens is 311 g/mol. The summed E-state index contributed by atoms with van der Waals surface area (Å²) >= 11 is 0. The third-order valence-electron chi connectivity index (χ3n) is 5.08. The van der Waals surface area contributed by atoms with Crippen molar-refractivity contribution in [2.24, 2.45) is 0 Å². The predicted octanol–water partition coefficient (Wildman–Crippen LogP) is 5.65. The van der Waals surface area contributed by atoms with Crippen LogP contribution in [0.3, 0.4) is 0 Å². The molecular formula is C22H21FN2. The van der Waals surface area contributed by atoms with Crippen molar-refractivity contribution >= 4 is 21.7 Å². The molecule has 0 saturated heterocycles. The first-order chi connectivity index (χ1) is 12.1. The Labute approximate surface area is 146 Å². The fraction of sp³-hybridized carbons (Fsp3) is 0.182. The quantitative estimate of drug-likeness (QED) is 0.511. The first-order valence-electron chi connectivity index (χ1n) is 8.57. The molecule has 1 atom stereocenters. The number of aromatic nitrogens is 1. The largest absolute Gasteiger partial charge is 0.361 e. The minimum absolute atomic E-state index is 0.210. The average molecular weight is 332 g/mol. The van der Waals surface area contributed by atoms with Crippen LogP contribution in [-0.2, 0) is 6.54 Å². The van der Waals surface area contributed by atoms with Crippen molar-refractivity contribution in [2.75, 3.05) is 7.05 Å². The van der Waals surface area contributed by atoms with Crippen LogP contribution in [0.15, 0.2) is 66.9 Å². The van der Waals surface area contributed by atoms with Crippen molar-refractivity contribution in [3.05, 3.63) is 83.8 Å². The van der Waals surface area contributed by atoms with E-state index in [1.807, 2.05) is 12.3 Å². The Hall–Kier alpha value is -2.65. The lowest BCUT2D eigenvalue weighted by atomic mass is 9.98. The van der Waals surface area contributed by atoms with Crippen LogP contribution < -0.4 is 0 Å². The van der Waals surface area contributed by atoms with Crippen LogP contribution in [0, 0.1) is 5.82 Å². The normalized spacial score (nSPS) is 13.0. The SMILES string of the molecule is C[C@H](c1cccc2ccccc12)N(C)Cc1c[nH]c2cc(F)ccc12. The zero-order valence-corrected chi connectivity index (χ0v) is 14.5. The van der Waals surface area contributed by atoms with Gasteiger partial charge in [-0.3, -0.25) is 4.90 Å². The Morgan fingerprint density at radius 1 is 1.00 bits per heavy atom. The first kappa shape index (κ1) is 15.9. The van der Waals surface area contributed by atoms with E-state index in [9.17, 15) is 4.39 Å². The molecule has 0 aliphatic carbocycles. The number of benzene rings is 3. The lowest BCUT2D eigenvalue weighted by Crippen LogP contribution is -2.22. The standard InChI is InChI=1S/C22H21FN2/c1-15(19-9-5-7-16-6-3-4-8-20(16)19)25(2)14-17-13-24-22-12-18(23)10-11-21(17)22/h3-13,15,24H,14H2,1-2H3/t15-/m1/s1. The van der Waals surface area contributed by atoms with Crippen LogP contribution in [0.2, 0.25) is 0 Å². The number of hydrogen-bond acceptors (Lipinski definition) is 1. The molecule has 0 spiro atoms. The van der Waals surface area contributed by atoms with Crippen molar-refractivity contribution in [1.29, 1.82) is 0 Å². The molecule has 1 N–H and O–H groups in total. The zero-order chi connectivity index (χ0) is 17.4. The van der Waals surface area contributed by atoms with E-state index < -0.39 is 0 Å². The summed E-state index contributed by atoms with van der Waals surface area (Å²) in [5, 5.41) is 3.64. The summed E-state index contributed by atoms with van der Waals surface area (Å²) in [7, 11) is 2.13. The third kappa shape index (κ3) is 2.92. The topological polar surface area (TPSA) is 19.0 Å². The molecule has 0 aliphatic heterocycles. The van der Waals surface area contributed by atoms with E-state index in [4.69, 9.17) is 0 Å². The number of fused-ring (bicyclic) bond motifs is 2. The Kier molecular flexibility index (Phi) is 4.02. The Morgan fingerprint density at radius 3 is 2.68 bits per heavy atom. The fourth-order valence-electron chi connectivity index (χ4n) is 3.55. The maximum absolute atomic E-state index is 13.4. The minimum atomic E-state index is -0.210. The first-order valence-corrected chi connectivity index (χ1v) is 8.57. The molecule has 4 aromatic rings. The van der Waals surface area contributed by atoms with Gasteiger partial charge in [0.25, 0.3) is 0 Å². The molecule has 0 unspecified atom stereocenters. The zero-order valence-electron chi connectivity index (χ0n) is 14.5. The van der Waals surface area contributed by atoms with Gasteiger partial charge in [-0.05, 0) is 54.1 Å². The van der Waals surface area contributed by atoms with E-state index in [-0.39, 0.29) is 11.9 Å². The van der Waals surface area contributed by atoms with Gasteiger partial charge in [0, 0.05) is 29.7 Å². The third-order valence-corrected chi connectivity index (χ3v) is 5.08. The molecule has 25 heavy (non-hydrogen) atoms. The Balaban J connectivity index is 1.64. The molecule has 3 aromatic carbocycles. The van der Waals surface area contributed by atoms with E-state index in [1.54, 1.807) is 6.07 Å². The second-order valence-corrected chi connectivity index (χ2v) is 6.66. The smallest absolute Gasteiger partial charge is 0.125 e. The highest BCUT2D eigenvalue weighted by atomic mass is 19.1. The molecule has 0 fully saturated rings. The van der Waals surface area contributed by atoms with Crippen molar-refractivity contribution < 1.29 is 4.39 Å². The van der Waals surface area contributed by atoms with Crippen LogP contribution in [0.4, 0.5) is 4.39 Å². The summed E-state index contributed by atoms with van der Waals surface area (Å²) < 4.78 is 13.4. The van der Waals surface area contributed by atoms with Crippen molar-refractivity contribution in [2.45, 2.75) is 19.5 Å².